The van der Waals surface area contributed by atoms with Crippen molar-refractivity contribution in [3.8, 4) is 0 Å². The SMILES string of the molecule is CCCCC/C=C\C/C=C\CCCCCCCCC1(CCCCCCCC/C=C\C/C=C\CCCCC)OCC(CCN(C)Sc2ccncc2)O1. The first kappa shape index (κ1) is 46.5. The molecule has 1 unspecified atom stereocenters. The number of unbranched alkanes of at least 4 members (excludes halogenated alkanes) is 18. The second-order valence-corrected chi connectivity index (χ2v) is 16.3. The standard InChI is InChI=1S/C47H80N2O2S/c1-4-6-8-10-12-14-16-18-20-22-24-26-28-30-32-34-39-47(50-44-45(51-47)38-43-49(3)52-46-36-41-48-42-37-46)40-35-33-31-29-27-25-23-21-19-17-15-13-11-9-7-5-2/h12-15,18-21,36-37,41-42,45H,4-11,16-17,22-35,38-40,43-44H2,1-3H3/b14-12-,15-13-,20-18-,21-19-. The Morgan fingerprint density at radius 1 is 0.635 bits per heavy atom. The van der Waals surface area contributed by atoms with Gasteiger partial charge in [0.2, 0.25) is 0 Å². The smallest absolute Gasteiger partial charge is 0.168 e. The number of ether oxygens (including phenoxy) is 2. The first-order valence-corrected chi connectivity index (χ1v) is 22.7. The van der Waals surface area contributed by atoms with E-state index in [9.17, 15) is 0 Å². The van der Waals surface area contributed by atoms with Gasteiger partial charge >= 0.3 is 0 Å². The molecule has 0 radical (unpaired) electrons. The molecule has 4 nitrogen and oxygen atoms in total. The highest BCUT2D eigenvalue weighted by atomic mass is 32.2. The summed E-state index contributed by atoms with van der Waals surface area (Å²) in [7, 11) is 2.17. The quantitative estimate of drug-likeness (QED) is 0.0394. The van der Waals surface area contributed by atoms with Crippen LogP contribution in [0, 0.1) is 0 Å². The largest absolute Gasteiger partial charge is 0.347 e. The molecule has 0 saturated carbocycles. The lowest BCUT2D eigenvalue weighted by molar-refractivity contribution is -0.180. The van der Waals surface area contributed by atoms with E-state index in [4.69, 9.17) is 9.47 Å². The van der Waals surface area contributed by atoms with E-state index < -0.39 is 0 Å². The molecule has 0 amide bonds. The summed E-state index contributed by atoms with van der Waals surface area (Å²) < 4.78 is 15.7. The molecule has 1 aromatic heterocycles. The minimum Gasteiger partial charge on any atom is -0.347 e. The van der Waals surface area contributed by atoms with Crippen LogP contribution in [0.4, 0.5) is 0 Å². The third-order valence-corrected chi connectivity index (χ3v) is 11.1. The molecule has 1 fully saturated rings. The van der Waals surface area contributed by atoms with Crippen molar-refractivity contribution >= 4 is 11.9 Å². The molecule has 1 saturated heterocycles. The summed E-state index contributed by atoms with van der Waals surface area (Å²) in [5.41, 5.74) is 0. The van der Waals surface area contributed by atoms with Crippen LogP contribution >= 0.6 is 11.9 Å². The normalized spacial score (nSPS) is 16.3. The molecule has 2 heterocycles. The first-order chi connectivity index (χ1) is 25.7. The van der Waals surface area contributed by atoms with Gasteiger partial charge in [-0.1, -0.05) is 140 Å². The lowest BCUT2D eigenvalue weighted by Gasteiger charge is -2.29. The molecule has 0 bridgehead atoms. The molecule has 296 valence electrons. The van der Waals surface area contributed by atoms with Crippen molar-refractivity contribution in [1.82, 2.24) is 9.29 Å². The van der Waals surface area contributed by atoms with E-state index in [-0.39, 0.29) is 11.9 Å². The highest BCUT2D eigenvalue weighted by molar-refractivity contribution is 7.97. The predicted octanol–water partition coefficient (Wildman–Crippen LogP) is 14.9. The lowest BCUT2D eigenvalue weighted by Crippen LogP contribution is -2.31. The molecule has 1 aliphatic heterocycles. The number of rotatable bonds is 35. The summed E-state index contributed by atoms with van der Waals surface area (Å²) in [6.45, 7) is 6.25. The summed E-state index contributed by atoms with van der Waals surface area (Å²) >= 11 is 1.78. The van der Waals surface area contributed by atoms with Crippen LogP contribution in [-0.2, 0) is 9.47 Å². The Balaban J connectivity index is 1.62. The summed E-state index contributed by atoms with van der Waals surface area (Å²) in [5, 5.41) is 0. The van der Waals surface area contributed by atoms with E-state index >= 15 is 0 Å². The Hall–Kier alpha value is -1.66. The van der Waals surface area contributed by atoms with Crippen LogP contribution in [0.15, 0.2) is 78.0 Å². The zero-order valence-corrected chi connectivity index (χ0v) is 34.9. The zero-order valence-electron chi connectivity index (χ0n) is 34.1. The second kappa shape index (κ2) is 33.9. The number of allylic oxidation sites excluding steroid dienone is 8. The van der Waals surface area contributed by atoms with Gasteiger partial charge in [-0.2, -0.15) is 0 Å². The molecule has 0 N–H and O–H groups in total. The van der Waals surface area contributed by atoms with Crippen LogP contribution in [0.25, 0.3) is 0 Å². The Labute approximate surface area is 326 Å². The molecule has 0 spiro atoms. The maximum absolute atomic E-state index is 6.81. The van der Waals surface area contributed by atoms with Crippen molar-refractivity contribution in [3.05, 3.63) is 73.1 Å². The number of nitrogens with zero attached hydrogens (tertiary/aromatic N) is 2. The summed E-state index contributed by atoms with van der Waals surface area (Å²) in [4.78, 5) is 5.37. The van der Waals surface area contributed by atoms with Crippen LogP contribution in [0.5, 0.6) is 0 Å². The number of aromatic nitrogens is 1. The van der Waals surface area contributed by atoms with E-state index in [0.29, 0.717) is 0 Å². The maximum Gasteiger partial charge on any atom is 0.168 e. The summed E-state index contributed by atoms with van der Waals surface area (Å²) in [6, 6.07) is 4.14. The van der Waals surface area contributed by atoms with Gasteiger partial charge in [0.1, 0.15) is 0 Å². The van der Waals surface area contributed by atoms with Crippen molar-refractivity contribution in [3.63, 3.8) is 0 Å². The molecule has 0 aromatic carbocycles. The predicted molar refractivity (Wildman–Crippen MR) is 229 cm³/mol. The van der Waals surface area contributed by atoms with Crippen molar-refractivity contribution in [1.29, 1.82) is 0 Å². The molecule has 0 aliphatic carbocycles. The van der Waals surface area contributed by atoms with Crippen LogP contribution in [0.2, 0.25) is 0 Å². The number of hydrogen-bond acceptors (Lipinski definition) is 5. The molecule has 1 atom stereocenters. The van der Waals surface area contributed by atoms with Crippen LogP contribution in [0.1, 0.15) is 187 Å². The minimum atomic E-state index is -0.369. The van der Waals surface area contributed by atoms with Crippen molar-refractivity contribution in [2.24, 2.45) is 0 Å². The van der Waals surface area contributed by atoms with Gasteiger partial charge in [0.25, 0.3) is 0 Å². The van der Waals surface area contributed by atoms with Gasteiger partial charge in [0.15, 0.2) is 5.79 Å². The molecule has 1 aromatic rings. The molecule has 52 heavy (non-hydrogen) atoms. The first-order valence-electron chi connectivity index (χ1n) is 21.9. The maximum atomic E-state index is 6.81. The van der Waals surface area contributed by atoms with Gasteiger partial charge in [-0.05, 0) is 115 Å². The number of hydrogen-bond donors (Lipinski definition) is 0. The highest BCUT2D eigenvalue weighted by Crippen LogP contribution is 2.36. The fraction of sp³-hybridized carbons (Fsp3) is 0.723. The van der Waals surface area contributed by atoms with Gasteiger partial charge in [0, 0.05) is 36.7 Å². The molecular formula is C47H80N2O2S. The van der Waals surface area contributed by atoms with Crippen molar-refractivity contribution < 1.29 is 9.47 Å². The van der Waals surface area contributed by atoms with Gasteiger partial charge in [-0.15, -0.1) is 0 Å². The van der Waals surface area contributed by atoms with Crippen molar-refractivity contribution in [2.45, 2.75) is 204 Å². The minimum absolute atomic E-state index is 0.190. The van der Waals surface area contributed by atoms with E-state index in [2.05, 4.69) is 90.9 Å². The fourth-order valence-corrected chi connectivity index (χ4v) is 7.66. The zero-order chi connectivity index (χ0) is 37.1. The summed E-state index contributed by atoms with van der Waals surface area (Å²) in [5.74, 6) is -0.369. The van der Waals surface area contributed by atoms with Crippen LogP contribution in [-0.4, -0.2) is 41.4 Å². The Morgan fingerprint density at radius 3 is 1.56 bits per heavy atom. The molecule has 1 aliphatic rings. The third kappa shape index (κ3) is 26.2. The molecular weight excluding hydrogens is 657 g/mol. The fourth-order valence-electron chi connectivity index (χ4n) is 6.86. The van der Waals surface area contributed by atoms with E-state index in [1.165, 1.54) is 146 Å². The van der Waals surface area contributed by atoms with Gasteiger partial charge in [-0.3, -0.25) is 4.98 Å². The van der Waals surface area contributed by atoms with Crippen molar-refractivity contribution in [2.75, 3.05) is 20.2 Å². The molecule has 2 rings (SSSR count). The Morgan fingerprint density at radius 2 is 1.08 bits per heavy atom. The number of pyridine rings is 1. The van der Waals surface area contributed by atoms with Gasteiger partial charge in [-0.25, -0.2) is 4.31 Å². The van der Waals surface area contributed by atoms with Crippen LogP contribution in [0.3, 0.4) is 0 Å². The van der Waals surface area contributed by atoms with Gasteiger partial charge in [0.05, 0.1) is 12.7 Å². The van der Waals surface area contributed by atoms with Crippen LogP contribution < -0.4 is 0 Å². The molecule has 5 heteroatoms. The van der Waals surface area contributed by atoms with Gasteiger partial charge < -0.3 is 9.47 Å². The Bertz CT molecular complexity index is 991. The summed E-state index contributed by atoms with van der Waals surface area (Å²) in [6.07, 6.45) is 56.6. The topological polar surface area (TPSA) is 34.6 Å². The average molecular weight is 737 g/mol. The van der Waals surface area contributed by atoms with E-state index in [1.807, 2.05) is 12.4 Å². The lowest BCUT2D eigenvalue weighted by atomic mass is 9.98. The monoisotopic (exact) mass is 737 g/mol. The average Bonchev–Trinajstić information content (AvgIpc) is 3.57. The van der Waals surface area contributed by atoms with E-state index in [0.717, 1.165) is 45.3 Å². The third-order valence-electron chi connectivity index (χ3n) is 10.1. The van der Waals surface area contributed by atoms with E-state index in [1.54, 1.807) is 11.9 Å². The Kier molecular flexibility index (Phi) is 30.3. The second-order valence-electron chi connectivity index (χ2n) is 15.0. The highest BCUT2D eigenvalue weighted by Gasteiger charge is 2.40.